The largest absolute Gasteiger partial charge is 0.497 e. The molecule has 4 aromatic rings. The maximum atomic E-state index is 5.80. The number of aromatic nitrogens is 1. The van der Waals surface area contributed by atoms with Gasteiger partial charge in [0.15, 0.2) is 35.7 Å². The molecule has 0 radical (unpaired) electrons. The van der Waals surface area contributed by atoms with Crippen molar-refractivity contribution in [3.05, 3.63) is 60.3 Å². The predicted molar refractivity (Wildman–Crippen MR) is 124 cm³/mol. The average molecular weight is 442 g/mol. The van der Waals surface area contributed by atoms with Gasteiger partial charge in [-0.3, -0.25) is 0 Å². The number of benzene rings is 3. The third-order valence-corrected chi connectivity index (χ3v) is 6.52. The van der Waals surface area contributed by atoms with Crippen molar-refractivity contribution in [2.24, 2.45) is 0 Å². The van der Waals surface area contributed by atoms with Crippen LogP contribution in [0, 0.1) is 0 Å². The van der Waals surface area contributed by atoms with E-state index in [1.165, 1.54) is 11.1 Å². The number of hydrogen-bond acceptors (Lipinski definition) is 5. The summed E-state index contributed by atoms with van der Waals surface area (Å²) in [5, 5.41) is 2.10. The van der Waals surface area contributed by atoms with E-state index >= 15 is 0 Å². The van der Waals surface area contributed by atoms with Crippen LogP contribution in [0.4, 0.5) is 0 Å². The first-order valence-corrected chi connectivity index (χ1v) is 10.9. The van der Waals surface area contributed by atoms with Crippen LogP contribution in [0.1, 0.15) is 5.56 Å². The highest BCUT2D eigenvalue weighted by Crippen LogP contribution is 2.44. The van der Waals surface area contributed by atoms with E-state index < -0.39 is 0 Å². The molecule has 0 fully saturated rings. The zero-order valence-corrected chi connectivity index (χ0v) is 18.8. The van der Waals surface area contributed by atoms with Crippen LogP contribution >= 0.6 is 0 Å². The van der Waals surface area contributed by atoms with E-state index in [1.54, 1.807) is 21.3 Å². The Hall–Kier alpha value is -3.93. The van der Waals surface area contributed by atoms with Crippen molar-refractivity contribution in [1.29, 1.82) is 0 Å². The van der Waals surface area contributed by atoms with Gasteiger partial charge in [-0.2, -0.15) is 4.57 Å². The predicted octanol–water partition coefficient (Wildman–Crippen LogP) is 4.77. The summed E-state index contributed by atoms with van der Waals surface area (Å²) >= 11 is 0. The number of fused-ring (bicyclic) bond motifs is 5. The molecule has 2 aliphatic rings. The van der Waals surface area contributed by atoms with Gasteiger partial charge in [0.05, 0.1) is 32.3 Å². The molecular weight excluding hydrogens is 418 g/mol. The van der Waals surface area contributed by atoms with Gasteiger partial charge < -0.3 is 23.7 Å². The van der Waals surface area contributed by atoms with Crippen LogP contribution < -0.4 is 28.3 Å². The molecule has 6 nitrogen and oxygen atoms in total. The third-order valence-electron chi connectivity index (χ3n) is 6.52. The molecule has 1 aromatic heterocycles. The first-order valence-electron chi connectivity index (χ1n) is 10.9. The molecule has 0 spiro atoms. The van der Waals surface area contributed by atoms with Crippen molar-refractivity contribution < 1.29 is 28.3 Å². The van der Waals surface area contributed by atoms with E-state index in [0.717, 1.165) is 63.6 Å². The molecule has 0 unspecified atom stereocenters. The van der Waals surface area contributed by atoms with Crippen molar-refractivity contribution in [2.45, 2.75) is 13.0 Å². The van der Waals surface area contributed by atoms with Crippen molar-refractivity contribution in [3.63, 3.8) is 0 Å². The van der Waals surface area contributed by atoms with E-state index in [4.69, 9.17) is 23.7 Å². The Morgan fingerprint density at radius 2 is 1.58 bits per heavy atom. The fourth-order valence-corrected chi connectivity index (χ4v) is 4.86. The third kappa shape index (κ3) is 3.05. The summed E-state index contributed by atoms with van der Waals surface area (Å²) in [5.74, 6) is 3.88. The summed E-state index contributed by atoms with van der Waals surface area (Å²) in [5.41, 5.74) is 5.73. The lowest BCUT2D eigenvalue weighted by molar-refractivity contribution is -0.686. The number of aryl methyl sites for hydroxylation is 2. The summed E-state index contributed by atoms with van der Waals surface area (Å²) in [7, 11) is 5.03. The SMILES string of the molecule is COc1ccc(-c2cc(OC)c(OC)c3c[n+]4c(cc23)-c2cc3c(cc2CC4)OCO3)cc1. The van der Waals surface area contributed by atoms with Crippen LogP contribution in [0.2, 0.25) is 0 Å². The monoisotopic (exact) mass is 442 g/mol. The van der Waals surface area contributed by atoms with E-state index in [9.17, 15) is 0 Å². The molecule has 0 bridgehead atoms. The van der Waals surface area contributed by atoms with Crippen molar-refractivity contribution in [2.75, 3.05) is 28.1 Å². The fourth-order valence-electron chi connectivity index (χ4n) is 4.86. The Balaban J connectivity index is 1.63. The van der Waals surface area contributed by atoms with Gasteiger partial charge in [0.2, 0.25) is 12.5 Å². The highest BCUT2D eigenvalue weighted by molar-refractivity contribution is 6.02. The number of hydrogen-bond donors (Lipinski definition) is 0. The molecule has 3 heterocycles. The van der Waals surface area contributed by atoms with Gasteiger partial charge in [0.25, 0.3) is 0 Å². The Morgan fingerprint density at radius 3 is 2.30 bits per heavy atom. The molecule has 0 atom stereocenters. The van der Waals surface area contributed by atoms with Crippen molar-refractivity contribution in [1.82, 2.24) is 0 Å². The molecule has 0 saturated heterocycles. The molecule has 6 heteroatoms. The van der Waals surface area contributed by atoms with Gasteiger partial charge in [-0.15, -0.1) is 0 Å². The number of nitrogens with zero attached hydrogens (tertiary/aromatic N) is 1. The lowest BCUT2D eigenvalue weighted by atomic mass is 9.92. The summed E-state index contributed by atoms with van der Waals surface area (Å²) in [6.07, 6.45) is 3.10. The summed E-state index contributed by atoms with van der Waals surface area (Å²) in [6, 6.07) is 16.6. The Kier molecular flexibility index (Phi) is 4.54. The second-order valence-corrected chi connectivity index (χ2v) is 8.18. The van der Waals surface area contributed by atoms with Crippen LogP contribution in [0.25, 0.3) is 33.2 Å². The van der Waals surface area contributed by atoms with E-state index in [0.29, 0.717) is 5.75 Å². The van der Waals surface area contributed by atoms with E-state index in [-0.39, 0.29) is 6.79 Å². The lowest BCUT2D eigenvalue weighted by Crippen LogP contribution is -2.40. The van der Waals surface area contributed by atoms with Gasteiger partial charge in [-0.1, -0.05) is 12.1 Å². The van der Waals surface area contributed by atoms with Crippen LogP contribution in [0.15, 0.2) is 54.7 Å². The molecule has 3 aromatic carbocycles. The number of rotatable bonds is 4. The van der Waals surface area contributed by atoms with Crippen LogP contribution in [0.5, 0.6) is 28.7 Å². The highest BCUT2D eigenvalue weighted by atomic mass is 16.7. The smallest absolute Gasteiger partial charge is 0.231 e. The van der Waals surface area contributed by atoms with E-state index in [2.05, 4.69) is 41.1 Å². The Bertz CT molecular complexity index is 1390. The van der Waals surface area contributed by atoms with Crippen LogP contribution in [-0.2, 0) is 13.0 Å². The Labute approximate surface area is 191 Å². The highest BCUT2D eigenvalue weighted by Gasteiger charge is 2.29. The molecule has 166 valence electrons. The minimum Gasteiger partial charge on any atom is -0.497 e. The molecule has 6 rings (SSSR count). The molecule has 33 heavy (non-hydrogen) atoms. The molecular formula is C27H24NO5+. The molecule has 0 amide bonds. The molecule has 0 saturated carbocycles. The van der Waals surface area contributed by atoms with Crippen LogP contribution in [-0.4, -0.2) is 28.1 Å². The molecule has 0 aliphatic carbocycles. The van der Waals surface area contributed by atoms with Gasteiger partial charge in [0, 0.05) is 17.9 Å². The van der Waals surface area contributed by atoms with Crippen molar-refractivity contribution >= 4 is 10.8 Å². The normalized spacial score (nSPS) is 13.4. The van der Waals surface area contributed by atoms with Crippen LogP contribution in [0.3, 0.4) is 0 Å². The standard InChI is InChI=1S/C27H24NO5/c1-29-18-6-4-16(5-7-18)19-12-26(30-2)27(31-3)22-14-28-9-8-17-10-24-25(33-15-32-24)13-20(17)23(28)11-21(19)22/h4-7,10-14H,8-9,15H2,1-3H3/q+1. The summed E-state index contributed by atoms with van der Waals surface area (Å²) in [6.45, 7) is 1.14. The van der Waals surface area contributed by atoms with Gasteiger partial charge in [0.1, 0.15) is 5.75 Å². The number of methoxy groups -OCH3 is 3. The summed E-state index contributed by atoms with van der Waals surface area (Å²) in [4.78, 5) is 0. The fraction of sp³-hybridized carbons (Fsp3) is 0.222. The minimum absolute atomic E-state index is 0.272. The molecule has 0 N–H and O–H groups in total. The quantitative estimate of drug-likeness (QED) is 0.426. The topological polar surface area (TPSA) is 50.0 Å². The van der Waals surface area contributed by atoms with Gasteiger partial charge >= 0.3 is 0 Å². The Morgan fingerprint density at radius 1 is 0.788 bits per heavy atom. The first-order chi connectivity index (χ1) is 16.2. The second kappa shape index (κ2) is 7.59. The molecule has 2 aliphatic heterocycles. The maximum Gasteiger partial charge on any atom is 0.231 e. The zero-order chi connectivity index (χ0) is 22.5. The second-order valence-electron chi connectivity index (χ2n) is 8.18. The van der Waals surface area contributed by atoms with Gasteiger partial charge in [-0.25, -0.2) is 0 Å². The number of ether oxygens (including phenoxy) is 5. The summed E-state index contributed by atoms with van der Waals surface area (Å²) < 4.78 is 30.4. The van der Waals surface area contributed by atoms with Crippen molar-refractivity contribution in [3.8, 4) is 51.1 Å². The first kappa shape index (κ1) is 19.7. The maximum absolute atomic E-state index is 5.80. The number of pyridine rings is 1. The minimum atomic E-state index is 0.272. The lowest BCUT2D eigenvalue weighted by Gasteiger charge is -2.19. The van der Waals surface area contributed by atoms with E-state index in [1.807, 2.05) is 18.2 Å². The average Bonchev–Trinajstić information content (AvgIpc) is 3.33. The zero-order valence-electron chi connectivity index (χ0n) is 18.8. The van der Waals surface area contributed by atoms with Gasteiger partial charge in [-0.05, 0) is 47.0 Å².